The second-order valence-corrected chi connectivity index (χ2v) is 12.6. The summed E-state index contributed by atoms with van der Waals surface area (Å²) in [6, 6.07) is 17.0. The third kappa shape index (κ3) is 6.91. The molecule has 0 aliphatic heterocycles. The molecule has 4 aromatic heterocycles. The number of aromatic nitrogens is 3. The number of nitrogens with zero attached hydrogens (tertiary/aromatic N) is 2. The van der Waals surface area contributed by atoms with E-state index in [0.717, 1.165) is 67.2 Å². The van der Waals surface area contributed by atoms with Crippen LogP contribution in [0.4, 0.5) is 0 Å². The molecule has 4 heterocycles. The lowest BCUT2D eigenvalue weighted by Gasteiger charge is -2.11. The van der Waals surface area contributed by atoms with E-state index in [9.17, 15) is 8.42 Å². The summed E-state index contributed by atoms with van der Waals surface area (Å²) in [7, 11) is 4.71. The van der Waals surface area contributed by atoms with Crippen molar-refractivity contribution >= 4 is 43.4 Å². The molecule has 45 heavy (non-hydrogen) atoms. The number of aromatic amines is 1. The summed E-state index contributed by atoms with van der Waals surface area (Å²) in [5.41, 5.74) is 6.22. The number of rotatable bonds is 10. The Balaban J connectivity index is 0.000000383. The van der Waals surface area contributed by atoms with Crippen molar-refractivity contribution in [3.05, 3.63) is 83.5 Å². The van der Waals surface area contributed by atoms with Crippen LogP contribution < -0.4 is 24.3 Å². The second kappa shape index (κ2) is 13.6. The van der Waals surface area contributed by atoms with Crippen LogP contribution in [0.1, 0.15) is 11.1 Å². The first-order valence-electron chi connectivity index (χ1n) is 13.8. The van der Waals surface area contributed by atoms with Gasteiger partial charge in [0.2, 0.25) is 0 Å². The van der Waals surface area contributed by atoms with Crippen LogP contribution >= 0.6 is 11.3 Å². The third-order valence-corrected chi connectivity index (χ3v) is 9.51. The molecule has 2 aromatic carbocycles. The maximum Gasteiger partial charge on any atom is 0.304 e. The Morgan fingerprint density at radius 1 is 0.889 bits per heavy atom. The molecule has 0 unspecified atom stereocenters. The first kappa shape index (κ1) is 31.9. The van der Waals surface area contributed by atoms with Gasteiger partial charge in [-0.05, 0) is 41.3 Å². The molecule has 3 N–H and O–H groups in total. The summed E-state index contributed by atoms with van der Waals surface area (Å²) in [4.78, 5) is 8.08. The quantitative estimate of drug-likeness (QED) is 0.152. The van der Waals surface area contributed by atoms with Gasteiger partial charge in [-0.1, -0.05) is 12.1 Å². The SMILES string of the molecule is COc1ccc(CNCc2ccnc3[nH]c(-c4cn(C)c5cc(OC)c(OC)cc45)cc23)c(OC)c1.O=S(=O)(O)c1cccs1. The summed E-state index contributed by atoms with van der Waals surface area (Å²) in [6.07, 6.45) is 3.95. The molecule has 0 fully saturated rings. The first-order chi connectivity index (χ1) is 21.7. The zero-order valence-corrected chi connectivity index (χ0v) is 27.1. The fourth-order valence-corrected chi connectivity index (χ4v) is 6.40. The Bertz CT molecular complexity index is 2030. The molecule has 0 aliphatic carbocycles. The number of nitrogens with one attached hydrogen (secondary N) is 2. The van der Waals surface area contributed by atoms with Crippen LogP contribution in [0.5, 0.6) is 23.0 Å². The van der Waals surface area contributed by atoms with E-state index in [1.165, 1.54) is 6.07 Å². The topological polar surface area (TPSA) is 137 Å². The van der Waals surface area contributed by atoms with E-state index in [0.29, 0.717) is 24.6 Å². The van der Waals surface area contributed by atoms with Crippen molar-refractivity contribution in [1.82, 2.24) is 19.9 Å². The minimum absolute atomic E-state index is 0.0116. The van der Waals surface area contributed by atoms with Crippen LogP contribution in [0.2, 0.25) is 0 Å². The molecule has 6 aromatic rings. The molecule has 0 saturated heterocycles. The van der Waals surface area contributed by atoms with Gasteiger partial charge in [0, 0.05) is 72.3 Å². The van der Waals surface area contributed by atoms with E-state index >= 15 is 0 Å². The number of pyridine rings is 1. The molecule has 236 valence electrons. The average Bonchev–Trinajstić information content (AvgIpc) is 3.80. The Hall–Kier alpha value is -4.56. The molecule has 0 radical (unpaired) electrons. The number of thiophene rings is 1. The van der Waals surface area contributed by atoms with Gasteiger partial charge in [-0.25, -0.2) is 4.98 Å². The van der Waals surface area contributed by atoms with Crippen LogP contribution in [0.25, 0.3) is 33.2 Å². The van der Waals surface area contributed by atoms with Crippen molar-refractivity contribution in [2.45, 2.75) is 17.3 Å². The van der Waals surface area contributed by atoms with Gasteiger partial charge in [-0.3, -0.25) is 4.55 Å². The van der Waals surface area contributed by atoms with Crippen LogP contribution in [0, 0.1) is 0 Å². The molecular formula is C32H34N4O7S2. The van der Waals surface area contributed by atoms with Crippen LogP contribution in [-0.2, 0) is 30.3 Å². The van der Waals surface area contributed by atoms with Gasteiger partial charge in [0.05, 0.1) is 34.0 Å². The zero-order chi connectivity index (χ0) is 32.1. The van der Waals surface area contributed by atoms with Gasteiger partial charge in [-0.15, -0.1) is 11.3 Å². The van der Waals surface area contributed by atoms with Crippen molar-refractivity contribution in [3.8, 4) is 34.3 Å². The van der Waals surface area contributed by atoms with Crippen molar-refractivity contribution in [2.75, 3.05) is 28.4 Å². The van der Waals surface area contributed by atoms with Gasteiger partial charge >= 0.3 is 10.1 Å². The summed E-state index contributed by atoms with van der Waals surface area (Å²) in [5, 5.41) is 7.28. The number of H-pyrrole nitrogens is 1. The lowest BCUT2D eigenvalue weighted by atomic mass is 10.1. The van der Waals surface area contributed by atoms with E-state index in [1.54, 1.807) is 39.9 Å². The molecule has 11 nitrogen and oxygen atoms in total. The molecule has 0 saturated carbocycles. The van der Waals surface area contributed by atoms with Crippen molar-refractivity contribution in [3.63, 3.8) is 0 Å². The molecule has 0 spiro atoms. The maximum atomic E-state index is 10.3. The number of aryl methyl sites for hydroxylation is 1. The van der Waals surface area contributed by atoms with Gasteiger partial charge in [0.1, 0.15) is 21.4 Å². The smallest absolute Gasteiger partial charge is 0.304 e. The first-order valence-corrected chi connectivity index (χ1v) is 16.1. The zero-order valence-electron chi connectivity index (χ0n) is 25.5. The van der Waals surface area contributed by atoms with E-state index < -0.39 is 10.1 Å². The van der Waals surface area contributed by atoms with E-state index in [2.05, 4.69) is 38.2 Å². The van der Waals surface area contributed by atoms with E-state index in [-0.39, 0.29) is 4.21 Å². The van der Waals surface area contributed by atoms with Crippen molar-refractivity contribution in [1.29, 1.82) is 0 Å². The summed E-state index contributed by atoms with van der Waals surface area (Å²) >= 11 is 0.992. The second-order valence-electron chi connectivity index (χ2n) is 9.98. The van der Waals surface area contributed by atoms with Gasteiger partial charge < -0.3 is 33.8 Å². The molecule has 0 atom stereocenters. The molecule has 13 heteroatoms. The minimum Gasteiger partial charge on any atom is -0.497 e. The highest BCUT2D eigenvalue weighted by molar-refractivity contribution is 7.88. The van der Waals surface area contributed by atoms with Crippen LogP contribution in [0.3, 0.4) is 0 Å². The van der Waals surface area contributed by atoms with E-state index in [4.69, 9.17) is 23.5 Å². The highest BCUT2D eigenvalue weighted by Crippen LogP contribution is 2.38. The Labute approximate surface area is 265 Å². The molecule has 0 bridgehead atoms. The summed E-state index contributed by atoms with van der Waals surface area (Å²) in [6.45, 7) is 1.35. The fraction of sp³-hybridized carbons (Fsp3) is 0.219. The maximum absolute atomic E-state index is 10.3. The largest absolute Gasteiger partial charge is 0.497 e. The molecular weight excluding hydrogens is 617 g/mol. The fourth-order valence-electron chi connectivity index (χ4n) is 5.04. The van der Waals surface area contributed by atoms with Gasteiger partial charge in [0.25, 0.3) is 0 Å². The number of ether oxygens (including phenoxy) is 4. The van der Waals surface area contributed by atoms with E-state index in [1.807, 2.05) is 43.6 Å². The minimum atomic E-state index is -3.94. The van der Waals surface area contributed by atoms with Gasteiger partial charge in [0.15, 0.2) is 11.5 Å². The lowest BCUT2D eigenvalue weighted by molar-refractivity contribution is 0.355. The van der Waals surface area contributed by atoms with Crippen LogP contribution in [0.15, 0.2) is 76.6 Å². The number of hydrogen-bond acceptors (Lipinski definition) is 9. The Morgan fingerprint density at radius 3 is 2.27 bits per heavy atom. The number of fused-ring (bicyclic) bond motifs is 2. The Kier molecular flexibility index (Phi) is 9.63. The Morgan fingerprint density at radius 2 is 1.62 bits per heavy atom. The molecule has 0 aliphatic rings. The van der Waals surface area contributed by atoms with Gasteiger partial charge in [-0.2, -0.15) is 8.42 Å². The van der Waals surface area contributed by atoms with Crippen LogP contribution in [-0.4, -0.2) is 55.9 Å². The molecule has 0 amide bonds. The van der Waals surface area contributed by atoms with Crippen molar-refractivity contribution < 1.29 is 31.9 Å². The normalized spacial score (nSPS) is 11.3. The third-order valence-electron chi connectivity index (χ3n) is 7.28. The summed E-state index contributed by atoms with van der Waals surface area (Å²) in [5.74, 6) is 2.98. The van der Waals surface area contributed by atoms with Crippen molar-refractivity contribution in [2.24, 2.45) is 7.05 Å². The predicted octanol–water partition coefficient (Wildman–Crippen LogP) is 6.04. The average molecular weight is 651 g/mol. The number of benzene rings is 2. The standard InChI is InChI=1S/C28H30N4O4.C4H4O3S2/c1-32-16-22(21-12-26(35-4)27(36-5)13-24(21)32)23-11-20-17(8-9-30-28(20)31-23)14-29-15-18-6-7-19(33-2)10-25(18)34-3;5-9(6,7)4-2-1-3-8-4/h6-13,16,29H,14-15H2,1-5H3,(H,30,31);1-3H,(H,5,6,7). The summed E-state index contributed by atoms with van der Waals surface area (Å²) < 4.78 is 52.8. The monoisotopic (exact) mass is 650 g/mol. The highest BCUT2D eigenvalue weighted by Gasteiger charge is 2.17. The number of methoxy groups -OCH3 is 4. The predicted molar refractivity (Wildman–Crippen MR) is 175 cm³/mol. The molecule has 6 rings (SSSR count). The highest BCUT2D eigenvalue weighted by atomic mass is 32.3. The number of hydrogen-bond donors (Lipinski definition) is 3. The lowest BCUT2D eigenvalue weighted by Crippen LogP contribution is -2.13.